The van der Waals surface area contributed by atoms with Crippen molar-refractivity contribution in [1.29, 1.82) is 0 Å². The molecule has 0 aliphatic rings. The number of hydrogen-bond donors (Lipinski definition) is 2. The Morgan fingerprint density at radius 3 is 3.00 bits per heavy atom. The summed E-state index contributed by atoms with van der Waals surface area (Å²) in [4.78, 5) is 12.1. The van der Waals surface area contributed by atoms with E-state index in [0.717, 1.165) is 11.1 Å². The van der Waals surface area contributed by atoms with Gasteiger partial charge in [-0.2, -0.15) is 0 Å². The molecule has 1 aromatic heterocycles. The van der Waals surface area contributed by atoms with E-state index in [1.165, 1.54) is 6.20 Å². The van der Waals surface area contributed by atoms with Gasteiger partial charge in [-0.25, -0.2) is 0 Å². The molecular formula is C15H15N3O2. The fourth-order valence-electron chi connectivity index (χ4n) is 1.69. The molecule has 0 aliphatic carbocycles. The second-order valence-electron chi connectivity index (χ2n) is 4.20. The van der Waals surface area contributed by atoms with Gasteiger partial charge in [-0.1, -0.05) is 23.1 Å². The molecule has 0 aliphatic heterocycles. The lowest BCUT2D eigenvalue weighted by atomic mass is 10.0. The Labute approximate surface area is 117 Å². The normalized spacial score (nSPS) is 9.70. The molecule has 3 N–H and O–H groups in total. The highest BCUT2D eigenvalue weighted by Crippen LogP contribution is 2.11. The Bertz CT molecular complexity index is 651. The molecule has 0 fully saturated rings. The number of rotatable bonds is 3. The second kappa shape index (κ2) is 6.55. The molecule has 5 heteroatoms. The van der Waals surface area contributed by atoms with Crippen LogP contribution in [0.2, 0.25) is 0 Å². The fourth-order valence-corrected chi connectivity index (χ4v) is 1.69. The minimum absolute atomic E-state index is 0.171. The lowest BCUT2D eigenvalue weighted by molar-refractivity contribution is 0.0946. The molecule has 0 spiro atoms. The van der Waals surface area contributed by atoms with E-state index in [1.54, 1.807) is 12.1 Å². The summed E-state index contributed by atoms with van der Waals surface area (Å²) in [5, 5.41) is 6.36. The molecule has 0 saturated heterocycles. The minimum atomic E-state index is -0.171. The zero-order valence-electron chi connectivity index (χ0n) is 11.1. The van der Waals surface area contributed by atoms with Crippen molar-refractivity contribution >= 4 is 5.91 Å². The van der Waals surface area contributed by atoms with Crippen LogP contribution in [0.5, 0.6) is 0 Å². The zero-order valence-corrected chi connectivity index (χ0v) is 11.1. The van der Waals surface area contributed by atoms with Gasteiger partial charge in [0.15, 0.2) is 5.76 Å². The number of hydrogen-bond acceptors (Lipinski definition) is 4. The number of nitrogens with one attached hydrogen (secondary N) is 1. The second-order valence-corrected chi connectivity index (χ2v) is 4.20. The van der Waals surface area contributed by atoms with E-state index in [-0.39, 0.29) is 5.91 Å². The third-order valence-corrected chi connectivity index (χ3v) is 2.73. The van der Waals surface area contributed by atoms with Crippen LogP contribution < -0.4 is 11.1 Å². The number of benzene rings is 1. The van der Waals surface area contributed by atoms with E-state index in [9.17, 15) is 4.79 Å². The summed E-state index contributed by atoms with van der Waals surface area (Å²) in [6.45, 7) is 2.47. The third kappa shape index (κ3) is 3.46. The van der Waals surface area contributed by atoms with E-state index < -0.39 is 0 Å². The Morgan fingerprint density at radius 2 is 2.30 bits per heavy atom. The first-order chi connectivity index (χ1) is 9.70. The number of nitrogens with two attached hydrogens (primary N) is 1. The predicted octanol–water partition coefficient (Wildman–Crippen LogP) is 1.22. The summed E-state index contributed by atoms with van der Waals surface area (Å²) in [7, 11) is 0. The van der Waals surface area contributed by atoms with Gasteiger partial charge < -0.3 is 15.6 Å². The van der Waals surface area contributed by atoms with Crippen LogP contribution in [-0.4, -0.2) is 17.6 Å². The fraction of sp³-hybridized carbons (Fsp3) is 0.200. The number of aryl methyl sites for hydroxylation is 1. The van der Waals surface area contributed by atoms with Crippen LogP contribution >= 0.6 is 0 Å². The predicted molar refractivity (Wildman–Crippen MR) is 74.8 cm³/mol. The third-order valence-electron chi connectivity index (χ3n) is 2.73. The highest BCUT2D eigenvalue weighted by molar-refractivity contribution is 5.95. The lowest BCUT2D eigenvalue weighted by Crippen LogP contribution is -2.23. The average Bonchev–Trinajstić information content (AvgIpc) is 2.97. The first-order valence-corrected chi connectivity index (χ1v) is 6.18. The van der Waals surface area contributed by atoms with Crippen molar-refractivity contribution in [2.75, 3.05) is 6.54 Å². The van der Waals surface area contributed by atoms with Crippen molar-refractivity contribution < 1.29 is 9.32 Å². The van der Waals surface area contributed by atoms with Gasteiger partial charge >= 0.3 is 0 Å². The van der Waals surface area contributed by atoms with Gasteiger partial charge in [0.05, 0.1) is 19.3 Å². The maximum atomic E-state index is 12.1. The molecule has 0 radical (unpaired) electrons. The maximum Gasteiger partial charge on any atom is 0.251 e. The molecule has 0 unspecified atom stereocenters. The van der Waals surface area contributed by atoms with Crippen LogP contribution in [-0.2, 0) is 6.54 Å². The standard InChI is InChI=1S/C15H15N3O2/c1-11-4-5-12(3-2-7-16)9-14(11)15(19)17-10-13-6-8-18-20-13/h4-6,8-9H,7,10,16H2,1H3,(H,17,19). The molecular weight excluding hydrogens is 254 g/mol. The van der Waals surface area contributed by atoms with Crippen LogP contribution in [0.4, 0.5) is 0 Å². The molecule has 2 rings (SSSR count). The van der Waals surface area contributed by atoms with Gasteiger partial charge in [0.25, 0.3) is 5.91 Å². The first-order valence-electron chi connectivity index (χ1n) is 6.18. The van der Waals surface area contributed by atoms with Gasteiger partial charge in [0, 0.05) is 17.2 Å². The molecule has 0 bridgehead atoms. The molecule has 0 atom stereocenters. The van der Waals surface area contributed by atoms with Crippen LogP contribution in [0, 0.1) is 18.8 Å². The highest BCUT2D eigenvalue weighted by atomic mass is 16.5. The van der Waals surface area contributed by atoms with Crippen molar-refractivity contribution in [1.82, 2.24) is 10.5 Å². The van der Waals surface area contributed by atoms with Crippen LogP contribution in [0.15, 0.2) is 35.0 Å². The Balaban J connectivity index is 2.12. The molecule has 1 aromatic carbocycles. The monoisotopic (exact) mass is 269 g/mol. The lowest BCUT2D eigenvalue weighted by Gasteiger charge is -2.06. The van der Waals surface area contributed by atoms with Gasteiger partial charge in [-0.05, 0) is 24.6 Å². The molecule has 1 amide bonds. The smallest absolute Gasteiger partial charge is 0.251 e. The summed E-state index contributed by atoms with van der Waals surface area (Å²) in [5.41, 5.74) is 7.58. The van der Waals surface area contributed by atoms with Gasteiger partial charge in [0.2, 0.25) is 0 Å². The van der Waals surface area contributed by atoms with Crippen molar-refractivity contribution in [3.63, 3.8) is 0 Å². The van der Waals surface area contributed by atoms with Crippen molar-refractivity contribution in [2.24, 2.45) is 5.73 Å². The largest absolute Gasteiger partial charge is 0.360 e. The average molecular weight is 269 g/mol. The Hall–Kier alpha value is -2.58. The quantitative estimate of drug-likeness (QED) is 0.821. The van der Waals surface area contributed by atoms with E-state index in [2.05, 4.69) is 22.3 Å². The SMILES string of the molecule is Cc1ccc(C#CCN)cc1C(=O)NCc1ccno1. The maximum absolute atomic E-state index is 12.1. The molecule has 102 valence electrons. The topological polar surface area (TPSA) is 81.2 Å². The number of carbonyl (C=O) groups is 1. The molecule has 20 heavy (non-hydrogen) atoms. The molecule has 2 aromatic rings. The summed E-state index contributed by atoms with van der Waals surface area (Å²) in [6, 6.07) is 7.19. The van der Waals surface area contributed by atoms with Crippen molar-refractivity contribution in [3.8, 4) is 11.8 Å². The van der Waals surface area contributed by atoms with Crippen LogP contribution in [0.25, 0.3) is 0 Å². The number of nitrogens with zero attached hydrogens (tertiary/aromatic N) is 1. The Kier molecular flexibility index (Phi) is 4.53. The van der Waals surface area contributed by atoms with E-state index in [0.29, 0.717) is 24.4 Å². The summed E-state index contributed by atoms with van der Waals surface area (Å²) in [6.07, 6.45) is 1.54. The van der Waals surface area contributed by atoms with Crippen LogP contribution in [0.1, 0.15) is 27.2 Å². The van der Waals surface area contributed by atoms with E-state index in [1.807, 2.05) is 19.1 Å². The molecule has 0 saturated carbocycles. The number of aromatic nitrogens is 1. The number of amides is 1. The summed E-state index contributed by atoms with van der Waals surface area (Å²) in [5.74, 6) is 6.12. The first kappa shape index (κ1) is 13.8. The van der Waals surface area contributed by atoms with E-state index >= 15 is 0 Å². The highest BCUT2D eigenvalue weighted by Gasteiger charge is 2.10. The summed E-state index contributed by atoms with van der Waals surface area (Å²) >= 11 is 0. The minimum Gasteiger partial charge on any atom is -0.360 e. The molecule has 5 nitrogen and oxygen atoms in total. The van der Waals surface area contributed by atoms with Gasteiger partial charge in [-0.15, -0.1) is 0 Å². The van der Waals surface area contributed by atoms with Crippen molar-refractivity contribution in [2.45, 2.75) is 13.5 Å². The zero-order chi connectivity index (χ0) is 14.4. The van der Waals surface area contributed by atoms with Gasteiger partial charge in [0.1, 0.15) is 0 Å². The number of carbonyl (C=O) groups excluding carboxylic acids is 1. The van der Waals surface area contributed by atoms with E-state index in [4.69, 9.17) is 10.3 Å². The Morgan fingerprint density at radius 1 is 1.45 bits per heavy atom. The molecule has 1 heterocycles. The summed E-state index contributed by atoms with van der Waals surface area (Å²) < 4.78 is 4.93. The van der Waals surface area contributed by atoms with Crippen molar-refractivity contribution in [3.05, 3.63) is 52.9 Å². The van der Waals surface area contributed by atoms with Gasteiger partial charge in [-0.3, -0.25) is 4.79 Å². The van der Waals surface area contributed by atoms with Crippen LogP contribution in [0.3, 0.4) is 0 Å².